The molecule has 1 aliphatic rings. The molecule has 0 radical (unpaired) electrons. The molecule has 1 aromatic heterocycles. The molecule has 0 unspecified atom stereocenters. The Labute approximate surface area is 168 Å². The standard InChI is InChI=1S/C23H34N2O3/c1-23(2,3)17-6-9-19(10-7-17)28-20-8-5-16-13-18(25(4)21(16)14-20)15-24-12-11-22(26)27/h5,8,13-14,17,19,24H,6-7,9-12,15H2,1-4H3,(H,26,27)/t17-,19-. The molecule has 0 spiro atoms. The number of aromatic nitrogens is 1. The maximum Gasteiger partial charge on any atom is 0.304 e. The van der Waals surface area contributed by atoms with Crippen LogP contribution in [-0.2, 0) is 18.4 Å². The van der Waals surface area contributed by atoms with Crippen molar-refractivity contribution < 1.29 is 14.6 Å². The van der Waals surface area contributed by atoms with Gasteiger partial charge in [-0.3, -0.25) is 4.79 Å². The second-order valence-corrected chi connectivity index (χ2v) is 9.19. The third kappa shape index (κ3) is 5.07. The van der Waals surface area contributed by atoms with Crippen molar-refractivity contribution in [3.8, 4) is 5.75 Å². The number of hydrogen-bond acceptors (Lipinski definition) is 3. The molecule has 5 nitrogen and oxygen atoms in total. The Kier molecular flexibility index (Phi) is 6.33. The van der Waals surface area contributed by atoms with E-state index in [4.69, 9.17) is 9.84 Å². The molecule has 28 heavy (non-hydrogen) atoms. The molecular formula is C23H34N2O3. The molecule has 1 aromatic carbocycles. The van der Waals surface area contributed by atoms with Crippen LogP contribution in [0.4, 0.5) is 0 Å². The predicted molar refractivity (Wildman–Crippen MR) is 113 cm³/mol. The molecule has 1 heterocycles. The maximum atomic E-state index is 10.6. The van der Waals surface area contributed by atoms with E-state index in [-0.39, 0.29) is 6.42 Å². The Morgan fingerprint density at radius 2 is 1.93 bits per heavy atom. The first-order valence-corrected chi connectivity index (χ1v) is 10.4. The molecule has 0 amide bonds. The van der Waals surface area contributed by atoms with Crippen molar-refractivity contribution in [1.29, 1.82) is 0 Å². The van der Waals surface area contributed by atoms with E-state index in [9.17, 15) is 4.79 Å². The van der Waals surface area contributed by atoms with Crippen molar-refractivity contribution in [3.63, 3.8) is 0 Å². The van der Waals surface area contributed by atoms with Gasteiger partial charge in [0.2, 0.25) is 0 Å². The van der Waals surface area contributed by atoms with Gasteiger partial charge in [-0.2, -0.15) is 0 Å². The molecule has 1 aliphatic carbocycles. The number of hydrogen-bond donors (Lipinski definition) is 2. The highest BCUT2D eigenvalue weighted by Crippen LogP contribution is 2.39. The van der Waals surface area contributed by atoms with E-state index in [1.807, 2.05) is 0 Å². The van der Waals surface area contributed by atoms with E-state index in [0.29, 0.717) is 24.6 Å². The van der Waals surface area contributed by atoms with Crippen molar-refractivity contribution in [2.75, 3.05) is 6.54 Å². The normalized spacial score (nSPS) is 20.4. The molecule has 3 rings (SSSR count). The van der Waals surface area contributed by atoms with E-state index >= 15 is 0 Å². The summed E-state index contributed by atoms with van der Waals surface area (Å²) in [4.78, 5) is 10.6. The summed E-state index contributed by atoms with van der Waals surface area (Å²) in [6.07, 6.45) is 5.20. The van der Waals surface area contributed by atoms with Gasteiger partial charge >= 0.3 is 5.97 Å². The fourth-order valence-electron chi connectivity index (χ4n) is 4.26. The number of nitrogens with zero attached hydrogens (tertiary/aromatic N) is 1. The molecule has 0 atom stereocenters. The average Bonchev–Trinajstić information content (AvgIpc) is 2.94. The summed E-state index contributed by atoms with van der Waals surface area (Å²) < 4.78 is 8.48. The van der Waals surface area contributed by atoms with Crippen LogP contribution in [0, 0.1) is 11.3 Å². The van der Waals surface area contributed by atoms with Crippen molar-refractivity contribution in [1.82, 2.24) is 9.88 Å². The molecule has 0 bridgehead atoms. The third-order valence-corrected chi connectivity index (χ3v) is 6.14. The molecular weight excluding hydrogens is 352 g/mol. The molecule has 1 saturated carbocycles. The van der Waals surface area contributed by atoms with E-state index in [0.717, 1.165) is 35.7 Å². The highest BCUT2D eigenvalue weighted by Gasteiger charge is 2.30. The van der Waals surface area contributed by atoms with Crippen LogP contribution in [0.1, 0.15) is 58.6 Å². The van der Waals surface area contributed by atoms with Crippen LogP contribution in [0.25, 0.3) is 10.9 Å². The van der Waals surface area contributed by atoms with Gasteiger partial charge < -0.3 is 19.7 Å². The minimum atomic E-state index is -0.775. The van der Waals surface area contributed by atoms with Crippen LogP contribution in [0.2, 0.25) is 0 Å². The quantitative estimate of drug-likeness (QED) is 0.676. The SMILES string of the molecule is Cn1c(CNCCC(=O)O)cc2ccc(O[C@H]3CC[C@H](C(C)(C)C)CC3)cc21. The lowest BCUT2D eigenvalue weighted by Crippen LogP contribution is -2.30. The smallest absolute Gasteiger partial charge is 0.304 e. The van der Waals surface area contributed by atoms with Gasteiger partial charge in [0, 0.05) is 37.3 Å². The summed E-state index contributed by atoms with van der Waals surface area (Å²) in [5.41, 5.74) is 2.68. The van der Waals surface area contributed by atoms with Gasteiger partial charge in [0.05, 0.1) is 18.0 Å². The summed E-state index contributed by atoms with van der Waals surface area (Å²) in [6.45, 7) is 8.16. The van der Waals surface area contributed by atoms with Gasteiger partial charge in [-0.15, -0.1) is 0 Å². The minimum Gasteiger partial charge on any atom is -0.490 e. The first kappa shape index (κ1) is 20.7. The van der Waals surface area contributed by atoms with Crippen molar-refractivity contribution in [2.45, 2.75) is 65.5 Å². The molecule has 154 valence electrons. The summed E-state index contributed by atoms with van der Waals surface area (Å²) in [5.74, 6) is 0.958. The number of ether oxygens (including phenoxy) is 1. The topological polar surface area (TPSA) is 63.5 Å². The second-order valence-electron chi connectivity index (χ2n) is 9.19. The predicted octanol–water partition coefficient (Wildman–Crippen LogP) is 4.73. The highest BCUT2D eigenvalue weighted by molar-refractivity contribution is 5.82. The number of aliphatic carboxylic acids is 1. The zero-order valence-electron chi connectivity index (χ0n) is 17.6. The molecule has 5 heteroatoms. The number of benzene rings is 1. The number of fused-ring (bicyclic) bond motifs is 1. The fourth-order valence-corrected chi connectivity index (χ4v) is 4.26. The zero-order valence-corrected chi connectivity index (χ0v) is 17.6. The van der Waals surface area contributed by atoms with E-state index in [1.54, 1.807) is 0 Å². The Morgan fingerprint density at radius 1 is 1.21 bits per heavy atom. The third-order valence-electron chi connectivity index (χ3n) is 6.14. The minimum absolute atomic E-state index is 0.138. The summed E-state index contributed by atoms with van der Waals surface area (Å²) in [7, 11) is 2.05. The largest absolute Gasteiger partial charge is 0.490 e. The molecule has 0 aliphatic heterocycles. The van der Waals surface area contributed by atoms with Crippen LogP contribution >= 0.6 is 0 Å². The van der Waals surface area contributed by atoms with E-state index in [1.165, 1.54) is 18.2 Å². The number of carbonyl (C=O) groups is 1. The van der Waals surface area contributed by atoms with Gasteiger partial charge in [0.1, 0.15) is 5.75 Å². The Bertz CT molecular complexity index is 811. The molecule has 0 saturated heterocycles. The van der Waals surface area contributed by atoms with Crippen LogP contribution in [0.3, 0.4) is 0 Å². The number of carboxylic acids is 1. The Morgan fingerprint density at radius 3 is 2.57 bits per heavy atom. The second kappa shape index (κ2) is 8.56. The van der Waals surface area contributed by atoms with Crippen LogP contribution < -0.4 is 10.1 Å². The Balaban J connectivity index is 1.61. The number of rotatable bonds is 7. The monoisotopic (exact) mass is 386 g/mol. The van der Waals surface area contributed by atoms with Gasteiger partial charge in [-0.25, -0.2) is 0 Å². The van der Waals surface area contributed by atoms with Crippen molar-refractivity contribution in [2.24, 2.45) is 18.4 Å². The molecule has 2 N–H and O–H groups in total. The molecule has 2 aromatic rings. The lowest BCUT2D eigenvalue weighted by Gasteiger charge is -2.36. The first-order valence-electron chi connectivity index (χ1n) is 10.4. The van der Waals surface area contributed by atoms with Crippen LogP contribution in [-0.4, -0.2) is 28.3 Å². The van der Waals surface area contributed by atoms with Gasteiger partial charge in [0.15, 0.2) is 0 Å². The summed E-state index contributed by atoms with van der Waals surface area (Å²) in [6, 6.07) is 8.47. The van der Waals surface area contributed by atoms with Crippen molar-refractivity contribution >= 4 is 16.9 Å². The Hall–Kier alpha value is -2.01. The lowest BCUT2D eigenvalue weighted by molar-refractivity contribution is -0.136. The first-order chi connectivity index (χ1) is 13.2. The van der Waals surface area contributed by atoms with Gasteiger partial charge in [-0.05, 0) is 55.2 Å². The summed E-state index contributed by atoms with van der Waals surface area (Å²) >= 11 is 0. The van der Waals surface area contributed by atoms with E-state index in [2.05, 4.69) is 62.0 Å². The van der Waals surface area contributed by atoms with Gasteiger partial charge in [0.25, 0.3) is 0 Å². The molecule has 1 fully saturated rings. The number of aryl methyl sites for hydroxylation is 1. The van der Waals surface area contributed by atoms with Crippen molar-refractivity contribution in [3.05, 3.63) is 30.0 Å². The lowest BCUT2D eigenvalue weighted by atomic mass is 9.72. The summed E-state index contributed by atoms with van der Waals surface area (Å²) in [5, 5.41) is 13.1. The van der Waals surface area contributed by atoms with Crippen LogP contribution in [0.5, 0.6) is 5.75 Å². The number of carboxylic acid groups (broad SMARTS) is 1. The fraction of sp³-hybridized carbons (Fsp3) is 0.609. The zero-order chi connectivity index (χ0) is 20.3. The van der Waals surface area contributed by atoms with Gasteiger partial charge in [-0.1, -0.05) is 20.8 Å². The highest BCUT2D eigenvalue weighted by atomic mass is 16.5. The van der Waals surface area contributed by atoms with E-state index < -0.39 is 5.97 Å². The van der Waals surface area contributed by atoms with Crippen LogP contribution in [0.15, 0.2) is 24.3 Å². The average molecular weight is 387 g/mol. The maximum absolute atomic E-state index is 10.6. The number of nitrogens with one attached hydrogen (secondary N) is 1.